The van der Waals surface area contributed by atoms with Crippen molar-refractivity contribution in [1.29, 1.82) is 0 Å². The lowest BCUT2D eigenvalue weighted by Crippen LogP contribution is -2.41. The fourth-order valence-corrected chi connectivity index (χ4v) is 4.12. The van der Waals surface area contributed by atoms with Gasteiger partial charge in [-0.2, -0.15) is 10.2 Å². The Morgan fingerprint density at radius 2 is 1.93 bits per heavy atom. The van der Waals surface area contributed by atoms with Crippen LogP contribution in [0.25, 0.3) is 15.9 Å². The van der Waals surface area contributed by atoms with Gasteiger partial charge >= 0.3 is 0 Å². The Labute approximate surface area is 178 Å². The van der Waals surface area contributed by atoms with Crippen molar-refractivity contribution >= 4 is 32.6 Å². The number of thiazole rings is 1. The van der Waals surface area contributed by atoms with Crippen molar-refractivity contribution in [3.05, 3.63) is 60.2 Å². The van der Waals surface area contributed by atoms with E-state index in [1.807, 2.05) is 37.3 Å². The van der Waals surface area contributed by atoms with E-state index in [9.17, 15) is 4.79 Å². The predicted octanol–water partition coefficient (Wildman–Crippen LogP) is 3.54. The molecule has 1 aromatic carbocycles. The minimum absolute atomic E-state index is 0.0229. The molecule has 0 spiro atoms. The number of likely N-dealkylation sites (N-methyl/N-ethyl adjacent to an activating group) is 1. The molecule has 0 aliphatic carbocycles. The number of para-hydroxylation sites is 1. The van der Waals surface area contributed by atoms with Gasteiger partial charge in [0.2, 0.25) is 0 Å². The van der Waals surface area contributed by atoms with Crippen LogP contribution >= 0.6 is 11.3 Å². The summed E-state index contributed by atoms with van der Waals surface area (Å²) in [6.07, 6.45) is 3.95. The van der Waals surface area contributed by atoms with Gasteiger partial charge < -0.3 is 10.2 Å². The number of fused-ring (bicyclic) bond motifs is 1. The maximum absolute atomic E-state index is 13.3. The summed E-state index contributed by atoms with van der Waals surface area (Å²) in [6.45, 7) is 4.52. The second-order valence-electron chi connectivity index (χ2n) is 6.98. The lowest BCUT2D eigenvalue weighted by Gasteiger charge is -2.27. The predicted molar refractivity (Wildman–Crippen MR) is 118 cm³/mol. The van der Waals surface area contributed by atoms with E-state index in [1.54, 1.807) is 35.7 Å². The van der Waals surface area contributed by atoms with Crippen LogP contribution in [0, 0.1) is 6.92 Å². The van der Waals surface area contributed by atoms with Crippen LogP contribution in [0.1, 0.15) is 29.5 Å². The summed E-state index contributed by atoms with van der Waals surface area (Å²) >= 11 is 1.61. The molecule has 4 aromatic rings. The average Bonchev–Trinajstić information content (AvgIpc) is 3.43. The number of pyridine rings is 1. The molecule has 0 unspecified atom stereocenters. The third-order valence-electron chi connectivity index (χ3n) is 4.97. The van der Waals surface area contributed by atoms with Gasteiger partial charge in [0.25, 0.3) is 5.91 Å². The van der Waals surface area contributed by atoms with Gasteiger partial charge in [-0.25, -0.2) is 9.97 Å². The second kappa shape index (κ2) is 8.58. The Balaban J connectivity index is 1.52. The Hall–Kier alpha value is -3.33. The van der Waals surface area contributed by atoms with Crippen LogP contribution in [0.4, 0.5) is 5.13 Å². The van der Waals surface area contributed by atoms with Crippen molar-refractivity contribution in [2.24, 2.45) is 0 Å². The number of benzene rings is 1. The average molecular weight is 422 g/mol. The zero-order chi connectivity index (χ0) is 21.1. The van der Waals surface area contributed by atoms with Gasteiger partial charge in [-0.15, -0.1) is 4.80 Å². The molecule has 1 atom stereocenters. The fraction of sp³-hybridized carbons (Fsp3) is 0.286. The molecule has 154 valence electrons. The maximum Gasteiger partial charge on any atom is 0.274 e. The third kappa shape index (κ3) is 4.02. The number of hydrogen-bond acceptors (Lipinski definition) is 7. The summed E-state index contributed by atoms with van der Waals surface area (Å²) < 4.78 is 1.14. The van der Waals surface area contributed by atoms with E-state index in [1.165, 1.54) is 4.80 Å². The topological polar surface area (TPSA) is 88.8 Å². The number of hydrogen-bond donors (Lipinski definition) is 1. The highest BCUT2D eigenvalue weighted by molar-refractivity contribution is 7.22. The van der Waals surface area contributed by atoms with Gasteiger partial charge in [-0.3, -0.25) is 4.79 Å². The largest absolute Gasteiger partial charge is 0.359 e. The van der Waals surface area contributed by atoms with Crippen LogP contribution in [0.3, 0.4) is 0 Å². The number of aryl methyl sites for hydroxylation is 1. The van der Waals surface area contributed by atoms with Crippen LogP contribution in [-0.4, -0.2) is 55.4 Å². The first-order valence-corrected chi connectivity index (χ1v) is 10.6. The Morgan fingerprint density at radius 1 is 1.17 bits per heavy atom. The Kier molecular flexibility index (Phi) is 5.71. The smallest absolute Gasteiger partial charge is 0.274 e. The van der Waals surface area contributed by atoms with Crippen LogP contribution in [0.2, 0.25) is 0 Å². The number of carbonyl (C=O) groups is 1. The lowest BCUT2D eigenvalue weighted by atomic mass is 10.1. The summed E-state index contributed by atoms with van der Waals surface area (Å²) in [5.74, 6) is -0.163. The van der Waals surface area contributed by atoms with Gasteiger partial charge in [-0.1, -0.05) is 30.4 Å². The molecule has 0 saturated carbocycles. The summed E-state index contributed by atoms with van der Waals surface area (Å²) in [5.41, 5.74) is 2.65. The van der Waals surface area contributed by atoms with E-state index >= 15 is 0 Å². The molecule has 0 bridgehead atoms. The summed E-state index contributed by atoms with van der Waals surface area (Å²) in [5, 5.41) is 12.6. The first kappa shape index (κ1) is 20.0. The summed E-state index contributed by atoms with van der Waals surface area (Å²) in [7, 11) is 1.81. The second-order valence-corrected chi connectivity index (χ2v) is 8.02. The van der Waals surface area contributed by atoms with Gasteiger partial charge in [0.05, 0.1) is 22.6 Å². The van der Waals surface area contributed by atoms with Crippen LogP contribution in [0.15, 0.2) is 48.8 Å². The van der Waals surface area contributed by atoms with Gasteiger partial charge in [0.1, 0.15) is 5.69 Å². The molecule has 0 saturated heterocycles. The first-order chi connectivity index (χ1) is 14.6. The third-order valence-corrected chi connectivity index (χ3v) is 5.97. The quantitative estimate of drug-likeness (QED) is 0.491. The van der Waals surface area contributed by atoms with Crippen molar-refractivity contribution in [3.8, 4) is 5.69 Å². The summed E-state index contributed by atoms with van der Waals surface area (Å²) in [4.78, 5) is 25.6. The van der Waals surface area contributed by atoms with Crippen molar-refractivity contribution in [2.75, 3.05) is 18.9 Å². The van der Waals surface area contributed by atoms with Crippen LogP contribution in [0.5, 0.6) is 0 Å². The Bertz CT molecular complexity index is 1120. The highest BCUT2D eigenvalue weighted by Crippen LogP contribution is 2.25. The van der Waals surface area contributed by atoms with Crippen molar-refractivity contribution < 1.29 is 4.79 Å². The molecule has 4 rings (SSSR count). The number of anilines is 1. The normalized spacial score (nSPS) is 12.1. The molecular weight excluding hydrogens is 398 g/mol. The number of aromatic nitrogens is 5. The summed E-state index contributed by atoms with van der Waals surface area (Å²) in [6, 6.07) is 11.7. The fourth-order valence-electron chi connectivity index (χ4n) is 3.25. The van der Waals surface area contributed by atoms with Gasteiger partial charge in [0, 0.05) is 25.3 Å². The number of nitrogens with one attached hydrogen (secondary N) is 1. The van der Waals surface area contributed by atoms with E-state index in [0.29, 0.717) is 17.9 Å². The monoisotopic (exact) mass is 421 g/mol. The van der Waals surface area contributed by atoms with Gasteiger partial charge in [0.15, 0.2) is 10.8 Å². The molecule has 3 aromatic heterocycles. The highest BCUT2D eigenvalue weighted by atomic mass is 32.1. The molecule has 0 aliphatic rings. The van der Waals surface area contributed by atoms with Gasteiger partial charge in [-0.05, 0) is 37.6 Å². The van der Waals surface area contributed by atoms with E-state index in [0.717, 1.165) is 27.5 Å². The molecular formula is C21H23N7OS. The standard InChI is InChI=1S/C21H23N7OS/c1-4-15(13-22-21-26-16-7-5-6-8-18(16)30-21)27(3)20(29)19-17(10-9-14(2)25-19)28-23-11-12-24-28/h5-12,15H,4,13H2,1-3H3,(H,22,26)/t15-/m0/s1. The Morgan fingerprint density at radius 3 is 2.67 bits per heavy atom. The van der Waals surface area contributed by atoms with E-state index in [4.69, 9.17) is 0 Å². The zero-order valence-corrected chi connectivity index (χ0v) is 17.9. The number of carbonyl (C=O) groups excluding carboxylic acids is 1. The highest BCUT2D eigenvalue weighted by Gasteiger charge is 2.25. The molecule has 30 heavy (non-hydrogen) atoms. The molecule has 9 heteroatoms. The first-order valence-electron chi connectivity index (χ1n) is 9.77. The molecule has 8 nitrogen and oxygen atoms in total. The number of rotatable bonds is 7. The molecule has 0 fully saturated rings. The lowest BCUT2D eigenvalue weighted by molar-refractivity contribution is 0.0729. The zero-order valence-electron chi connectivity index (χ0n) is 17.1. The number of nitrogens with zero attached hydrogens (tertiary/aromatic N) is 6. The molecule has 0 aliphatic heterocycles. The minimum atomic E-state index is -0.163. The van der Waals surface area contributed by atoms with Crippen molar-refractivity contribution in [3.63, 3.8) is 0 Å². The molecule has 3 heterocycles. The molecule has 0 radical (unpaired) electrons. The minimum Gasteiger partial charge on any atom is -0.359 e. The van der Waals surface area contributed by atoms with Crippen molar-refractivity contribution in [2.45, 2.75) is 26.3 Å². The van der Waals surface area contributed by atoms with Crippen LogP contribution in [-0.2, 0) is 0 Å². The van der Waals surface area contributed by atoms with E-state index < -0.39 is 0 Å². The van der Waals surface area contributed by atoms with Crippen molar-refractivity contribution in [1.82, 2.24) is 29.9 Å². The maximum atomic E-state index is 13.3. The SMILES string of the molecule is CC[C@@H](CNc1nc2ccccc2s1)N(C)C(=O)c1nc(C)ccc1-n1nccn1. The number of amides is 1. The molecule has 1 N–H and O–H groups in total. The van der Waals surface area contributed by atoms with Crippen LogP contribution < -0.4 is 5.32 Å². The van der Waals surface area contributed by atoms with E-state index in [-0.39, 0.29) is 11.9 Å². The van der Waals surface area contributed by atoms with E-state index in [2.05, 4.69) is 38.5 Å². The molecule has 1 amide bonds.